The summed E-state index contributed by atoms with van der Waals surface area (Å²) in [5.74, 6) is 0.161. The summed E-state index contributed by atoms with van der Waals surface area (Å²) in [4.78, 5) is 0. The van der Waals surface area contributed by atoms with Gasteiger partial charge in [-0.05, 0) is 31.3 Å². The molecule has 0 radical (unpaired) electrons. The first-order chi connectivity index (χ1) is 8.77. The third-order valence-corrected chi connectivity index (χ3v) is 1.91. The molecule has 0 saturated carbocycles. The van der Waals surface area contributed by atoms with Crippen LogP contribution in [-0.4, -0.2) is 61.0 Å². The van der Waals surface area contributed by atoms with Crippen molar-refractivity contribution in [2.24, 2.45) is 0 Å². The van der Waals surface area contributed by atoms with Crippen LogP contribution in [0.15, 0.2) is 0 Å². The van der Waals surface area contributed by atoms with Crippen molar-refractivity contribution in [3.8, 4) is 11.6 Å². The number of hydrogen-bond donors (Lipinski definition) is 2. The van der Waals surface area contributed by atoms with Gasteiger partial charge >= 0.3 is 0 Å². The molecule has 0 unspecified atom stereocenters. The monoisotopic (exact) mass is 248 g/mol. The molecule has 0 amide bonds. The van der Waals surface area contributed by atoms with Crippen LogP contribution in [-0.2, 0) is 0 Å². The minimum Gasteiger partial charge on any atom is -0.366 e. The Morgan fingerprint density at radius 2 is 1.06 bits per heavy atom. The van der Waals surface area contributed by atoms with E-state index in [1.54, 1.807) is 0 Å². The van der Waals surface area contributed by atoms with Crippen LogP contribution in [0, 0.1) is 0 Å². The zero-order valence-corrected chi connectivity index (χ0v) is 8.52. The van der Waals surface area contributed by atoms with Crippen molar-refractivity contribution in [3.63, 3.8) is 0 Å². The molecular formula is C4H4N14. The van der Waals surface area contributed by atoms with Crippen molar-refractivity contribution >= 4 is 11.9 Å². The minimum absolute atomic E-state index is 0.00908. The van der Waals surface area contributed by atoms with E-state index in [1.165, 1.54) is 0 Å². The quantitative estimate of drug-likeness (QED) is 0.453. The number of nitrogens with two attached hydrogens (primary N) is 2. The highest BCUT2D eigenvalue weighted by Gasteiger charge is 2.18. The number of hydrogen-bond acceptors (Lipinski definition) is 12. The summed E-state index contributed by atoms with van der Waals surface area (Å²) in [7, 11) is 0. The van der Waals surface area contributed by atoms with Gasteiger partial charge in [-0.25, -0.2) is 0 Å². The van der Waals surface area contributed by atoms with E-state index >= 15 is 0 Å². The Kier molecular flexibility index (Phi) is 1.98. The van der Waals surface area contributed by atoms with Crippen molar-refractivity contribution in [3.05, 3.63) is 0 Å². The molecule has 0 saturated heterocycles. The molecule has 90 valence electrons. The molecule has 0 aliphatic heterocycles. The van der Waals surface area contributed by atoms with Gasteiger partial charge in [0.05, 0.1) is 0 Å². The molecule has 0 aliphatic rings. The molecule has 0 aromatic carbocycles. The second-order valence-corrected chi connectivity index (χ2v) is 2.92. The highest BCUT2D eigenvalue weighted by molar-refractivity contribution is 5.43. The third kappa shape index (κ3) is 1.36. The van der Waals surface area contributed by atoms with E-state index in [-0.39, 0.29) is 23.5 Å². The van der Waals surface area contributed by atoms with Crippen LogP contribution in [0.25, 0.3) is 11.6 Å². The number of tetrazole rings is 2. The smallest absolute Gasteiger partial charge is 0.246 e. The van der Waals surface area contributed by atoms with Crippen LogP contribution in [0.1, 0.15) is 0 Å². The summed E-state index contributed by atoms with van der Waals surface area (Å²) in [6, 6.07) is 0. The van der Waals surface area contributed by atoms with Crippen LogP contribution in [0.4, 0.5) is 11.9 Å². The standard InChI is InChI=1S/C4H4N14/c5-3-9-13-15-17(3)1-2(8-12-11-7-1)18-4(6)10-14-16-18/h(H2,5,9,15)(H2,6,10,16). The van der Waals surface area contributed by atoms with Crippen molar-refractivity contribution in [2.45, 2.75) is 0 Å². The zero-order chi connectivity index (χ0) is 12.5. The predicted octanol–water partition coefficient (Wildman–Crippen LogP) is -3.62. The lowest BCUT2D eigenvalue weighted by Gasteiger charge is -2.03. The van der Waals surface area contributed by atoms with Gasteiger partial charge < -0.3 is 11.5 Å². The summed E-state index contributed by atoms with van der Waals surface area (Å²) in [5, 5.41) is 35.2. The van der Waals surface area contributed by atoms with Crippen LogP contribution < -0.4 is 11.5 Å². The normalized spacial score (nSPS) is 10.7. The summed E-state index contributed by atoms with van der Waals surface area (Å²) in [6.07, 6.45) is 0. The summed E-state index contributed by atoms with van der Waals surface area (Å²) in [5.41, 5.74) is 11.1. The van der Waals surface area contributed by atoms with Crippen LogP contribution >= 0.6 is 0 Å². The van der Waals surface area contributed by atoms with E-state index in [1.807, 2.05) is 0 Å². The van der Waals surface area contributed by atoms with E-state index in [9.17, 15) is 0 Å². The van der Waals surface area contributed by atoms with Gasteiger partial charge in [0.15, 0.2) is 0 Å². The second kappa shape index (κ2) is 3.61. The number of nitrogen functional groups attached to an aromatic ring is 2. The van der Waals surface area contributed by atoms with Gasteiger partial charge in [0, 0.05) is 0 Å². The maximum Gasteiger partial charge on any atom is 0.246 e. The maximum absolute atomic E-state index is 5.55. The van der Waals surface area contributed by atoms with E-state index < -0.39 is 0 Å². The highest BCUT2D eigenvalue weighted by Crippen LogP contribution is 2.13. The molecule has 3 aromatic heterocycles. The average molecular weight is 248 g/mol. The largest absolute Gasteiger partial charge is 0.366 e. The number of aromatic nitrogens is 12. The Morgan fingerprint density at radius 3 is 1.39 bits per heavy atom. The highest BCUT2D eigenvalue weighted by atomic mass is 15.6. The first-order valence-electron chi connectivity index (χ1n) is 4.42. The SMILES string of the molecule is Nc1nnnn1-c1nnnnc1-n1nnnc1N. The van der Waals surface area contributed by atoms with Crippen molar-refractivity contribution < 1.29 is 0 Å². The Morgan fingerprint density at radius 1 is 0.611 bits per heavy atom. The first kappa shape index (κ1) is 9.87. The summed E-state index contributed by atoms with van der Waals surface area (Å²) < 4.78 is 2.19. The lowest BCUT2D eigenvalue weighted by molar-refractivity contribution is 0.654. The maximum atomic E-state index is 5.55. The lowest BCUT2D eigenvalue weighted by atomic mass is 10.6. The van der Waals surface area contributed by atoms with Gasteiger partial charge in [-0.2, -0.15) is 9.36 Å². The molecule has 3 aromatic rings. The number of rotatable bonds is 2. The molecular weight excluding hydrogens is 244 g/mol. The number of nitrogens with zero attached hydrogens (tertiary/aromatic N) is 12. The van der Waals surface area contributed by atoms with Gasteiger partial charge in [0.25, 0.3) is 0 Å². The second-order valence-electron chi connectivity index (χ2n) is 2.92. The third-order valence-electron chi connectivity index (χ3n) is 1.91. The molecule has 0 atom stereocenters. The van der Waals surface area contributed by atoms with Gasteiger partial charge in [0.2, 0.25) is 23.5 Å². The van der Waals surface area contributed by atoms with Gasteiger partial charge in [-0.15, -0.1) is 10.2 Å². The Labute approximate surface area is 97.0 Å². The summed E-state index contributed by atoms with van der Waals surface area (Å²) >= 11 is 0. The van der Waals surface area contributed by atoms with Crippen molar-refractivity contribution in [1.82, 2.24) is 61.0 Å². The Balaban J connectivity index is 2.24. The van der Waals surface area contributed by atoms with Crippen LogP contribution in [0.5, 0.6) is 0 Å². The van der Waals surface area contributed by atoms with Gasteiger partial charge in [-0.3, -0.25) is 0 Å². The summed E-state index contributed by atoms with van der Waals surface area (Å²) in [6.45, 7) is 0. The molecule has 3 heterocycles. The minimum atomic E-state index is -0.00908. The molecule has 0 fully saturated rings. The molecule has 0 aliphatic carbocycles. The van der Waals surface area contributed by atoms with Gasteiger partial charge in [-0.1, -0.05) is 10.2 Å². The Hall–Kier alpha value is -3.32. The molecule has 18 heavy (non-hydrogen) atoms. The molecule has 4 N–H and O–H groups in total. The molecule has 0 bridgehead atoms. The fraction of sp³-hybridized carbons (Fsp3) is 0. The molecule has 14 heteroatoms. The molecule has 3 rings (SSSR count). The fourth-order valence-electron chi connectivity index (χ4n) is 1.18. The van der Waals surface area contributed by atoms with Gasteiger partial charge in [0.1, 0.15) is 0 Å². The first-order valence-corrected chi connectivity index (χ1v) is 4.42. The molecule has 14 nitrogen and oxygen atoms in total. The Bertz CT molecular complexity index is 619. The van der Waals surface area contributed by atoms with E-state index in [0.29, 0.717) is 0 Å². The number of anilines is 2. The predicted molar refractivity (Wildman–Crippen MR) is 51.9 cm³/mol. The van der Waals surface area contributed by atoms with E-state index in [2.05, 4.69) is 51.7 Å². The van der Waals surface area contributed by atoms with Crippen molar-refractivity contribution in [1.29, 1.82) is 0 Å². The van der Waals surface area contributed by atoms with E-state index in [4.69, 9.17) is 11.5 Å². The van der Waals surface area contributed by atoms with Crippen molar-refractivity contribution in [2.75, 3.05) is 11.5 Å². The zero-order valence-electron chi connectivity index (χ0n) is 8.52. The average Bonchev–Trinajstić information content (AvgIpc) is 2.98. The lowest BCUT2D eigenvalue weighted by Crippen LogP contribution is -2.15. The topological polar surface area (TPSA) is 191 Å². The van der Waals surface area contributed by atoms with Crippen LogP contribution in [0.2, 0.25) is 0 Å². The van der Waals surface area contributed by atoms with E-state index in [0.717, 1.165) is 9.36 Å². The molecule has 0 spiro atoms. The van der Waals surface area contributed by atoms with Crippen LogP contribution in [0.3, 0.4) is 0 Å². The fourth-order valence-corrected chi connectivity index (χ4v) is 1.18.